The van der Waals surface area contributed by atoms with Crippen LogP contribution in [-0.4, -0.2) is 47.9 Å². The molecule has 0 unspecified atom stereocenters. The van der Waals surface area contributed by atoms with Crippen LogP contribution in [0.15, 0.2) is 24.3 Å². The molecule has 7 heteroatoms. The lowest BCUT2D eigenvalue weighted by atomic mass is 9.90. The Morgan fingerprint density at radius 1 is 1.19 bits per heavy atom. The van der Waals surface area contributed by atoms with Gasteiger partial charge in [-0.05, 0) is 37.3 Å². The highest BCUT2D eigenvalue weighted by atomic mass is 32.1. The van der Waals surface area contributed by atoms with Gasteiger partial charge in [0, 0.05) is 49.4 Å². The third-order valence-corrected chi connectivity index (χ3v) is 7.55. The Morgan fingerprint density at radius 2 is 1.94 bits per heavy atom. The van der Waals surface area contributed by atoms with E-state index in [-0.39, 0.29) is 23.7 Å². The van der Waals surface area contributed by atoms with E-state index in [0.717, 1.165) is 56.3 Å². The van der Waals surface area contributed by atoms with Crippen LogP contribution in [0.3, 0.4) is 0 Å². The van der Waals surface area contributed by atoms with Crippen molar-refractivity contribution in [2.24, 2.45) is 11.8 Å². The third-order valence-electron chi connectivity index (χ3n) is 6.37. The molecule has 1 aromatic heterocycles. The van der Waals surface area contributed by atoms with Gasteiger partial charge in [-0.15, -0.1) is 11.3 Å². The predicted octanol–water partition coefficient (Wildman–Crippen LogP) is 3.18. The smallest absolute Gasteiger partial charge is 0.225 e. The molecule has 1 aliphatic carbocycles. The number of anilines is 1. The van der Waals surface area contributed by atoms with Crippen molar-refractivity contribution in [2.75, 3.05) is 31.1 Å². The van der Waals surface area contributed by atoms with Crippen molar-refractivity contribution >= 4 is 28.3 Å². The number of nitrogens with zero attached hydrogens (tertiary/aromatic N) is 3. The maximum atomic E-state index is 12.8. The molecule has 1 aliphatic heterocycles. The van der Waals surface area contributed by atoms with E-state index >= 15 is 0 Å². The summed E-state index contributed by atoms with van der Waals surface area (Å²) < 4.78 is 0. The molecule has 166 valence electrons. The van der Waals surface area contributed by atoms with Crippen molar-refractivity contribution in [3.63, 3.8) is 0 Å². The largest absolute Gasteiger partial charge is 0.352 e. The van der Waals surface area contributed by atoms with E-state index < -0.39 is 0 Å². The molecule has 2 aromatic rings. The highest BCUT2D eigenvalue weighted by molar-refractivity contribution is 7.15. The molecular formula is C24H32N4O2S. The molecule has 1 saturated heterocycles. The number of nitrogens with one attached hydrogen (secondary N) is 1. The minimum Gasteiger partial charge on any atom is -0.352 e. The van der Waals surface area contributed by atoms with Gasteiger partial charge in [0.15, 0.2) is 5.13 Å². The van der Waals surface area contributed by atoms with Crippen LogP contribution in [0.25, 0.3) is 0 Å². The number of aromatic nitrogens is 1. The van der Waals surface area contributed by atoms with Gasteiger partial charge in [0.2, 0.25) is 11.8 Å². The van der Waals surface area contributed by atoms with E-state index in [1.807, 2.05) is 30.9 Å². The summed E-state index contributed by atoms with van der Waals surface area (Å²) in [5.41, 5.74) is 3.53. The van der Waals surface area contributed by atoms with Crippen molar-refractivity contribution in [1.82, 2.24) is 15.2 Å². The Kier molecular flexibility index (Phi) is 6.60. The van der Waals surface area contributed by atoms with Crippen LogP contribution in [0.4, 0.5) is 5.13 Å². The average molecular weight is 441 g/mol. The summed E-state index contributed by atoms with van der Waals surface area (Å²) in [6, 6.07) is 8.18. The molecule has 0 radical (unpaired) electrons. The molecular weight excluding hydrogens is 408 g/mol. The lowest BCUT2D eigenvalue weighted by Crippen LogP contribution is -2.49. The van der Waals surface area contributed by atoms with E-state index in [2.05, 4.69) is 29.3 Å². The Hall–Kier alpha value is -2.41. The number of benzene rings is 1. The summed E-state index contributed by atoms with van der Waals surface area (Å²) in [5, 5.41) is 4.18. The predicted molar refractivity (Wildman–Crippen MR) is 124 cm³/mol. The van der Waals surface area contributed by atoms with Gasteiger partial charge in [-0.3, -0.25) is 9.59 Å². The molecule has 0 spiro atoms. The zero-order valence-corrected chi connectivity index (χ0v) is 19.5. The standard InChI is InChI=1S/C24H32N4O2S/c1-16(2)23(30)27-10-12-28(13-11-27)24-26-20-9-8-18(14-21(20)31-24)22(29)25-15-19-7-5-4-6-17(19)3/h4-7,16,18H,8-15H2,1-3H3,(H,25,29)/t18-/m1/s1. The van der Waals surface area contributed by atoms with Crippen molar-refractivity contribution in [1.29, 1.82) is 0 Å². The summed E-state index contributed by atoms with van der Waals surface area (Å²) in [4.78, 5) is 35.4. The normalized spacial score (nSPS) is 18.8. The van der Waals surface area contributed by atoms with Crippen LogP contribution in [0.1, 0.15) is 42.0 Å². The number of rotatable bonds is 5. The van der Waals surface area contributed by atoms with E-state index in [1.165, 1.54) is 16.0 Å². The topological polar surface area (TPSA) is 65.5 Å². The first-order valence-corrected chi connectivity index (χ1v) is 12.1. The number of amides is 2. The van der Waals surface area contributed by atoms with Gasteiger partial charge in [0.05, 0.1) is 5.69 Å². The van der Waals surface area contributed by atoms with Crippen molar-refractivity contribution in [3.05, 3.63) is 46.0 Å². The lowest BCUT2D eigenvalue weighted by molar-refractivity contribution is -0.134. The summed E-state index contributed by atoms with van der Waals surface area (Å²) in [5.74, 6) is 0.445. The SMILES string of the molecule is Cc1ccccc1CNC(=O)[C@@H]1CCc2nc(N3CCN(C(=O)C(C)C)CC3)sc2C1. The molecule has 31 heavy (non-hydrogen) atoms. The van der Waals surface area contributed by atoms with Crippen molar-refractivity contribution < 1.29 is 9.59 Å². The zero-order valence-electron chi connectivity index (χ0n) is 18.7. The summed E-state index contributed by atoms with van der Waals surface area (Å²) >= 11 is 1.73. The van der Waals surface area contributed by atoms with Crippen LogP contribution in [0, 0.1) is 18.8 Å². The molecule has 1 aromatic carbocycles. The maximum absolute atomic E-state index is 12.8. The molecule has 1 atom stereocenters. The Bertz CT molecular complexity index is 947. The molecule has 2 heterocycles. The fourth-order valence-corrected chi connectivity index (χ4v) is 5.58. The molecule has 0 saturated carbocycles. The summed E-state index contributed by atoms with van der Waals surface area (Å²) in [6.07, 6.45) is 2.49. The third kappa shape index (κ3) is 4.92. The van der Waals surface area contributed by atoms with Gasteiger partial charge in [0.1, 0.15) is 0 Å². The van der Waals surface area contributed by atoms with E-state index in [9.17, 15) is 9.59 Å². The Labute approximate surface area is 188 Å². The zero-order chi connectivity index (χ0) is 22.0. The highest BCUT2D eigenvalue weighted by Crippen LogP contribution is 2.34. The fraction of sp³-hybridized carbons (Fsp3) is 0.542. The molecule has 2 aliphatic rings. The first kappa shape index (κ1) is 21.8. The number of piperazine rings is 1. The Balaban J connectivity index is 1.33. The number of carbonyl (C=O) groups is 2. The number of hydrogen-bond acceptors (Lipinski definition) is 5. The molecule has 2 amide bonds. The number of fused-ring (bicyclic) bond motifs is 1. The first-order chi connectivity index (χ1) is 14.9. The van der Waals surface area contributed by atoms with Gasteiger partial charge in [0.25, 0.3) is 0 Å². The summed E-state index contributed by atoms with van der Waals surface area (Å²) in [7, 11) is 0. The quantitative estimate of drug-likeness (QED) is 0.776. The monoisotopic (exact) mass is 440 g/mol. The van der Waals surface area contributed by atoms with Gasteiger partial charge in [-0.1, -0.05) is 38.1 Å². The molecule has 1 fully saturated rings. The highest BCUT2D eigenvalue weighted by Gasteiger charge is 2.30. The van der Waals surface area contributed by atoms with E-state index in [0.29, 0.717) is 6.54 Å². The fourth-order valence-electron chi connectivity index (χ4n) is 4.34. The Morgan fingerprint density at radius 3 is 2.65 bits per heavy atom. The second-order valence-corrected chi connectivity index (χ2v) is 9.98. The lowest BCUT2D eigenvalue weighted by Gasteiger charge is -2.35. The van der Waals surface area contributed by atoms with E-state index in [1.54, 1.807) is 11.3 Å². The number of aryl methyl sites for hydroxylation is 2. The van der Waals surface area contributed by atoms with Crippen LogP contribution < -0.4 is 10.2 Å². The number of hydrogen-bond donors (Lipinski definition) is 1. The van der Waals surface area contributed by atoms with Gasteiger partial charge < -0.3 is 15.1 Å². The van der Waals surface area contributed by atoms with Gasteiger partial charge in [-0.25, -0.2) is 4.98 Å². The van der Waals surface area contributed by atoms with Crippen LogP contribution >= 0.6 is 11.3 Å². The maximum Gasteiger partial charge on any atom is 0.225 e. The number of thiazole rings is 1. The molecule has 1 N–H and O–H groups in total. The second-order valence-electron chi connectivity index (χ2n) is 8.92. The van der Waals surface area contributed by atoms with E-state index in [4.69, 9.17) is 4.98 Å². The van der Waals surface area contributed by atoms with Crippen LogP contribution in [0.2, 0.25) is 0 Å². The van der Waals surface area contributed by atoms with Crippen LogP contribution in [-0.2, 0) is 29.0 Å². The average Bonchev–Trinajstić information content (AvgIpc) is 3.21. The van der Waals surface area contributed by atoms with Crippen LogP contribution in [0.5, 0.6) is 0 Å². The summed E-state index contributed by atoms with van der Waals surface area (Å²) in [6.45, 7) is 9.73. The molecule has 0 bridgehead atoms. The van der Waals surface area contributed by atoms with Gasteiger partial charge in [-0.2, -0.15) is 0 Å². The van der Waals surface area contributed by atoms with Crippen molar-refractivity contribution in [3.8, 4) is 0 Å². The molecule has 6 nitrogen and oxygen atoms in total. The number of carbonyl (C=O) groups excluding carboxylic acids is 2. The molecule has 4 rings (SSSR count). The van der Waals surface area contributed by atoms with Gasteiger partial charge >= 0.3 is 0 Å². The van der Waals surface area contributed by atoms with Crippen molar-refractivity contribution in [2.45, 2.75) is 46.6 Å². The first-order valence-electron chi connectivity index (χ1n) is 11.3. The second kappa shape index (κ2) is 9.39. The minimum atomic E-state index is 0.0188. The minimum absolute atomic E-state index is 0.0188.